The van der Waals surface area contributed by atoms with Crippen molar-refractivity contribution < 1.29 is 23.8 Å². The molecule has 0 N–H and O–H groups in total. The predicted molar refractivity (Wildman–Crippen MR) is 129 cm³/mol. The van der Waals surface area contributed by atoms with Gasteiger partial charge >= 0.3 is 11.9 Å². The molecule has 0 saturated heterocycles. The Balaban J connectivity index is 1.46. The third-order valence-corrected chi connectivity index (χ3v) is 5.07. The Morgan fingerprint density at radius 2 is 1.36 bits per heavy atom. The van der Waals surface area contributed by atoms with E-state index in [-0.39, 0.29) is 0 Å². The van der Waals surface area contributed by atoms with Crippen molar-refractivity contribution in [3.63, 3.8) is 0 Å². The number of ether oxygens (including phenoxy) is 3. The van der Waals surface area contributed by atoms with E-state index in [0.29, 0.717) is 36.7 Å². The van der Waals surface area contributed by atoms with Crippen molar-refractivity contribution in [2.45, 2.75) is 26.2 Å². The Morgan fingerprint density at radius 1 is 0.788 bits per heavy atom. The molecule has 0 aliphatic carbocycles. The van der Waals surface area contributed by atoms with Gasteiger partial charge in [-0.2, -0.15) is 0 Å². The fourth-order valence-electron chi connectivity index (χ4n) is 3.13. The van der Waals surface area contributed by atoms with Crippen LogP contribution in [0.2, 0.25) is 0 Å². The van der Waals surface area contributed by atoms with Crippen molar-refractivity contribution in [1.29, 1.82) is 0 Å². The average Bonchev–Trinajstić information content (AvgIpc) is 2.86. The van der Waals surface area contributed by atoms with Crippen LogP contribution in [0.3, 0.4) is 0 Å². The summed E-state index contributed by atoms with van der Waals surface area (Å²) in [6.45, 7) is 6.31. The van der Waals surface area contributed by atoms with Gasteiger partial charge in [-0.3, -0.25) is 0 Å². The van der Waals surface area contributed by atoms with E-state index in [2.05, 4.69) is 37.8 Å². The van der Waals surface area contributed by atoms with Gasteiger partial charge in [0.15, 0.2) is 0 Å². The van der Waals surface area contributed by atoms with Crippen LogP contribution in [0.25, 0.3) is 11.1 Å². The molecule has 0 saturated carbocycles. The minimum atomic E-state index is -0.425. The average molecular weight is 445 g/mol. The molecule has 0 atom stereocenters. The lowest BCUT2D eigenvalue weighted by atomic mass is 10.0. The molecular weight excluding hydrogens is 416 g/mol. The van der Waals surface area contributed by atoms with Gasteiger partial charge in [0.2, 0.25) is 0 Å². The zero-order chi connectivity index (χ0) is 23.5. The second-order valence-corrected chi connectivity index (χ2v) is 7.42. The fourth-order valence-corrected chi connectivity index (χ4v) is 3.13. The van der Waals surface area contributed by atoms with Crippen LogP contribution >= 0.6 is 0 Å². The summed E-state index contributed by atoms with van der Waals surface area (Å²) in [7, 11) is 0. The monoisotopic (exact) mass is 444 g/mol. The van der Waals surface area contributed by atoms with Crippen LogP contribution in [0.5, 0.6) is 11.5 Å². The number of aryl methyl sites for hydroxylation is 1. The molecule has 33 heavy (non-hydrogen) atoms. The van der Waals surface area contributed by atoms with E-state index in [1.807, 2.05) is 12.1 Å². The van der Waals surface area contributed by atoms with Crippen molar-refractivity contribution in [3.8, 4) is 22.6 Å². The molecule has 5 heteroatoms. The third kappa shape index (κ3) is 7.35. The van der Waals surface area contributed by atoms with Gasteiger partial charge in [0, 0.05) is 6.08 Å². The molecule has 0 unspecified atom stereocenters. The minimum Gasteiger partial charge on any atom is -0.494 e. The van der Waals surface area contributed by atoms with Gasteiger partial charge in [0.05, 0.1) is 18.8 Å². The first kappa shape index (κ1) is 23.8. The highest BCUT2D eigenvalue weighted by molar-refractivity contribution is 5.91. The zero-order valence-corrected chi connectivity index (χ0v) is 18.8. The summed E-state index contributed by atoms with van der Waals surface area (Å²) >= 11 is 0. The lowest BCUT2D eigenvalue weighted by Gasteiger charge is -2.08. The highest BCUT2D eigenvalue weighted by atomic mass is 16.5. The van der Waals surface area contributed by atoms with Crippen molar-refractivity contribution >= 4 is 11.9 Å². The van der Waals surface area contributed by atoms with Gasteiger partial charge in [-0.15, -0.1) is 0 Å². The van der Waals surface area contributed by atoms with Crippen LogP contribution in [0.4, 0.5) is 0 Å². The molecule has 0 fully saturated rings. The van der Waals surface area contributed by atoms with E-state index in [0.717, 1.165) is 30.0 Å². The standard InChI is InChI=1S/C28H28O5/c1-3-21-7-9-22(10-8-21)23-11-17-26(18-12-23)33-28(30)24-13-15-25(16-14-24)31-19-5-6-20-32-27(29)4-2/h4,7-18H,2-3,5-6,19-20H2,1H3. The van der Waals surface area contributed by atoms with Crippen LogP contribution in [0.15, 0.2) is 85.5 Å². The van der Waals surface area contributed by atoms with Gasteiger partial charge in [-0.25, -0.2) is 9.59 Å². The smallest absolute Gasteiger partial charge is 0.343 e. The summed E-state index contributed by atoms with van der Waals surface area (Å²) < 4.78 is 16.1. The molecule has 0 bridgehead atoms. The second kappa shape index (κ2) is 12.2. The number of unbranched alkanes of at least 4 members (excludes halogenated alkanes) is 1. The van der Waals surface area contributed by atoms with E-state index in [9.17, 15) is 9.59 Å². The Bertz CT molecular complexity index is 1050. The quantitative estimate of drug-likeness (QED) is 0.157. The van der Waals surface area contributed by atoms with Crippen molar-refractivity contribution in [2.24, 2.45) is 0 Å². The number of rotatable bonds is 11. The molecule has 170 valence electrons. The van der Waals surface area contributed by atoms with Gasteiger partial charge < -0.3 is 14.2 Å². The molecule has 0 aromatic heterocycles. The summed E-state index contributed by atoms with van der Waals surface area (Å²) in [5.41, 5.74) is 3.93. The first-order chi connectivity index (χ1) is 16.1. The number of benzene rings is 3. The van der Waals surface area contributed by atoms with Crippen molar-refractivity contribution in [3.05, 3.63) is 96.6 Å². The Hall–Kier alpha value is -3.86. The third-order valence-electron chi connectivity index (χ3n) is 5.07. The maximum absolute atomic E-state index is 12.5. The molecule has 3 aromatic rings. The number of carbonyl (C=O) groups is 2. The highest BCUT2D eigenvalue weighted by Crippen LogP contribution is 2.24. The van der Waals surface area contributed by atoms with Crippen LogP contribution < -0.4 is 9.47 Å². The molecule has 0 aliphatic rings. The number of carbonyl (C=O) groups excluding carboxylic acids is 2. The van der Waals surface area contributed by atoms with Gasteiger partial charge in [-0.1, -0.05) is 49.9 Å². The summed E-state index contributed by atoms with van der Waals surface area (Å²) in [5, 5.41) is 0. The first-order valence-electron chi connectivity index (χ1n) is 11.0. The van der Waals surface area contributed by atoms with E-state index in [4.69, 9.17) is 14.2 Å². The molecule has 0 radical (unpaired) electrons. The van der Waals surface area contributed by atoms with E-state index < -0.39 is 11.9 Å². The summed E-state index contributed by atoms with van der Waals surface area (Å²) in [6, 6.07) is 22.7. The van der Waals surface area contributed by atoms with E-state index in [1.54, 1.807) is 36.4 Å². The molecule has 0 spiro atoms. The highest BCUT2D eigenvalue weighted by Gasteiger charge is 2.09. The maximum atomic E-state index is 12.5. The molecule has 0 heterocycles. The van der Waals surface area contributed by atoms with Crippen LogP contribution in [0.1, 0.15) is 35.7 Å². The molecule has 3 aromatic carbocycles. The molecule has 0 amide bonds. The van der Waals surface area contributed by atoms with Gasteiger partial charge in [-0.05, 0) is 72.4 Å². The van der Waals surface area contributed by atoms with E-state index >= 15 is 0 Å². The van der Waals surface area contributed by atoms with E-state index in [1.165, 1.54) is 5.56 Å². The Labute approximate surface area is 194 Å². The zero-order valence-electron chi connectivity index (χ0n) is 18.8. The molecule has 3 rings (SSSR count). The summed E-state index contributed by atoms with van der Waals surface area (Å²) in [4.78, 5) is 23.4. The topological polar surface area (TPSA) is 61.8 Å². The molecule has 0 aliphatic heterocycles. The maximum Gasteiger partial charge on any atom is 0.343 e. The number of hydrogen-bond donors (Lipinski definition) is 0. The van der Waals surface area contributed by atoms with Crippen molar-refractivity contribution in [1.82, 2.24) is 0 Å². The lowest BCUT2D eigenvalue weighted by Crippen LogP contribution is -2.08. The first-order valence-corrected chi connectivity index (χ1v) is 11.0. The fraction of sp³-hybridized carbons (Fsp3) is 0.214. The SMILES string of the molecule is C=CC(=O)OCCCCOc1ccc(C(=O)Oc2ccc(-c3ccc(CC)cc3)cc2)cc1. The van der Waals surface area contributed by atoms with Crippen LogP contribution in [-0.4, -0.2) is 25.2 Å². The lowest BCUT2D eigenvalue weighted by molar-refractivity contribution is -0.137. The molecule has 5 nitrogen and oxygen atoms in total. The number of hydrogen-bond acceptors (Lipinski definition) is 5. The summed E-state index contributed by atoms with van der Waals surface area (Å²) in [5.74, 6) is 0.307. The van der Waals surface area contributed by atoms with Crippen LogP contribution in [-0.2, 0) is 16.0 Å². The van der Waals surface area contributed by atoms with Gasteiger partial charge in [0.25, 0.3) is 0 Å². The molecular formula is C28H28O5. The minimum absolute atomic E-state index is 0.338. The van der Waals surface area contributed by atoms with Crippen LogP contribution in [0, 0.1) is 0 Å². The normalized spacial score (nSPS) is 10.3. The second-order valence-electron chi connectivity index (χ2n) is 7.42. The van der Waals surface area contributed by atoms with Crippen molar-refractivity contribution in [2.75, 3.05) is 13.2 Å². The van der Waals surface area contributed by atoms with Gasteiger partial charge in [0.1, 0.15) is 11.5 Å². The Kier molecular flexibility index (Phi) is 8.83. The Morgan fingerprint density at radius 3 is 1.97 bits per heavy atom. The number of esters is 2. The summed E-state index contributed by atoms with van der Waals surface area (Å²) in [6.07, 6.45) is 3.60. The largest absolute Gasteiger partial charge is 0.494 e. The predicted octanol–water partition coefficient (Wildman–Crippen LogP) is 6.02.